The first-order chi connectivity index (χ1) is 4.79. The largest absolute Gasteiger partial charge is 0.315 e. The summed E-state index contributed by atoms with van der Waals surface area (Å²) >= 11 is 0. The van der Waals surface area contributed by atoms with Crippen molar-refractivity contribution in [2.75, 3.05) is 20.6 Å². The lowest BCUT2D eigenvalue weighted by atomic mass is 10.1. The van der Waals surface area contributed by atoms with Crippen molar-refractivity contribution < 1.29 is 4.79 Å². The summed E-state index contributed by atoms with van der Waals surface area (Å²) in [7, 11) is 3.89. The molecule has 0 bridgehead atoms. The molecule has 1 saturated heterocycles. The molecule has 58 valence electrons. The Bertz CT molecular complexity index is 127. The van der Waals surface area contributed by atoms with E-state index in [4.69, 9.17) is 0 Å². The third kappa shape index (κ3) is 1.20. The summed E-state index contributed by atoms with van der Waals surface area (Å²) in [6.45, 7) is 1.02. The summed E-state index contributed by atoms with van der Waals surface area (Å²) in [5.41, 5.74) is 0. The van der Waals surface area contributed by atoms with Gasteiger partial charge < -0.3 is 10.1 Å². The highest BCUT2D eigenvalue weighted by Crippen LogP contribution is 2.12. The zero-order chi connectivity index (χ0) is 7.56. The van der Waals surface area contributed by atoms with Crippen LogP contribution >= 0.6 is 0 Å². The van der Waals surface area contributed by atoms with Crippen molar-refractivity contribution in [1.82, 2.24) is 10.2 Å². The molecule has 3 nitrogen and oxygen atoms in total. The zero-order valence-corrected chi connectivity index (χ0v) is 6.50. The summed E-state index contributed by atoms with van der Waals surface area (Å²) < 4.78 is 0. The molecule has 0 aromatic rings. The highest BCUT2D eigenvalue weighted by atomic mass is 16.1. The van der Waals surface area contributed by atoms with Gasteiger partial charge in [-0.05, 0) is 20.5 Å². The molecule has 3 heteroatoms. The molecule has 1 aliphatic heterocycles. The minimum absolute atomic E-state index is 0.0880. The van der Waals surface area contributed by atoms with Gasteiger partial charge >= 0.3 is 0 Å². The predicted molar refractivity (Wildman–Crippen MR) is 39.9 cm³/mol. The lowest BCUT2D eigenvalue weighted by molar-refractivity contribution is -0.111. The van der Waals surface area contributed by atoms with Gasteiger partial charge in [-0.3, -0.25) is 4.90 Å². The number of carbonyl (C=O) groups excluding carboxylic acids is 1. The van der Waals surface area contributed by atoms with E-state index in [0.29, 0.717) is 6.04 Å². The average molecular weight is 142 g/mol. The van der Waals surface area contributed by atoms with Crippen molar-refractivity contribution in [2.45, 2.75) is 18.5 Å². The van der Waals surface area contributed by atoms with Gasteiger partial charge in [0.2, 0.25) is 0 Å². The summed E-state index contributed by atoms with van der Waals surface area (Å²) in [4.78, 5) is 12.6. The number of likely N-dealkylation sites (N-methyl/N-ethyl adjacent to an activating group) is 2. The minimum atomic E-state index is 0.0880. The third-order valence-electron chi connectivity index (χ3n) is 2.22. The van der Waals surface area contributed by atoms with Gasteiger partial charge in [-0.15, -0.1) is 0 Å². The quantitative estimate of drug-likeness (QED) is 0.526. The molecule has 1 N–H and O–H groups in total. The number of aldehydes is 1. The Kier molecular flexibility index (Phi) is 2.40. The van der Waals surface area contributed by atoms with Gasteiger partial charge in [0.1, 0.15) is 6.29 Å². The van der Waals surface area contributed by atoms with Crippen molar-refractivity contribution in [3.63, 3.8) is 0 Å². The third-order valence-corrected chi connectivity index (χ3v) is 2.22. The molecule has 0 spiro atoms. The van der Waals surface area contributed by atoms with Crippen molar-refractivity contribution in [3.8, 4) is 0 Å². The highest BCUT2D eigenvalue weighted by Gasteiger charge is 2.29. The molecular formula is C7H14N2O. The van der Waals surface area contributed by atoms with Crippen molar-refractivity contribution >= 4 is 6.29 Å². The van der Waals surface area contributed by atoms with Gasteiger partial charge in [-0.25, -0.2) is 0 Å². The van der Waals surface area contributed by atoms with Gasteiger partial charge in [0.15, 0.2) is 0 Å². The van der Waals surface area contributed by atoms with E-state index in [9.17, 15) is 4.79 Å². The molecule has 0 aromatic heterocycles. The molecule has 1 heterocycles. The summed E-state index contributed by atoms with van der Waals surface area (Å²) in [6.07, 6.45) is 2.10. The number of nitrogens with one attached hydrogen (secondary N) is 1. The Morgan fingerprint density at radius 3 is 2.80 bits per heavy atom. The molecule has 1 aliphatic rings. The molecule has 1 fully saturated rings. The number of hydrogen-bond donors (Lipinski definition) is 1. The van der Waals surface area contributed by atoms with E-state index in [-0.39, 0.29) is 6.04 Å². The van der Waals surface area contributed by atoms with E-state index in [1.807, 2.05) is 14.1 Å². The average Bonchev–Trinajstić information content (AvgIpc) is 2.30. The van der Waals surface area contributed by atoms with Crippen LogP contribution in [0.1, 0.15) is 6.42 Å². The standard InChI is InChI=1S/C7H14N2O/c1-8-6-3-4-9(2)7(6)5-10/h5-8H,3-4H2,1-2H3/t6?,7-/m1/s1. The Hall–Kier alpha value is -0.410. The van der Waals surface area contributed by atoms with Crippen LogP contribution in [0.15, 0.2) is 0 Å². The van der Waals surface area contributed by atoms with Crippen LogP contribution in [0.2, 0.25) is 0 Å². The first-order valence-electron chi connectivity index (χ1n) is 3.62. The number of hydrogen-bond acceptors (Lipinski definition) is 3. The lowest BCUT2D eigenvalue weighted by Gasteiger charge is -2.17. The lowest BCUT2D eigenvalue weighted by Crippen LogP contribution is -2.40. The zero-order valence-electron chi connectivity index (χ0n) is 6.50. The van der Waals surface area contributed by atoms with Crippen LogP contribution in [-0.2, 0) is 4.79 Å². The monoisotopic (exact) mass is 142 g/mol. The van der Waals surface area contributed by atoms with Crippen LogP contribution in [0.5, 0.6) is 0 Å². The van der Waals surface area contributed by atoms with Gasteiger partial charge in [0.05, 0.1) is 6.04 Å². The SMILES string of the molecule is CNC1CCN(C)[C@@H]1C=O. The fraction of sp³-hybridized carbons (Fsp3) is 0.857. The molecule has 2 atom stereocenters. The topological polar surface area (TPSA) is 32.3 Å². The second-order valence-electron chi connectivity index (χ2n) is 2.79. The van der Waals surface area contributed by atoms with E-state index >= 15 is 0 Å². The molecule has 1 unspecified atom stereocenters. The first kappa shape index (κ1) is 7.69. The number of likely N-dealkylation sites (tertiary alicyclic amines) is 1. The molecule has 0 saturated carbocycles. The van der Waals surface area contributed by atoms with Crippen LogP contribution in [0.4, 0.5) is 0 Å². The van der Waals surface area contributed by atoms with E-state index < -0.39 is 0 Å². The smallest absolute Gasteiger partial charge is 0.138 e. The van der Waals surface area contributed by atoms with Crippen LogP contribution in [-0.4, -0.2) is 43.9 Å². The maximum atomic E-state index is 10.5. The van der Waals surface area contributed by atoms with Crippen LogP contribution in [0.25, 0.3) is 0 Å². The normalized spacial score (nSPS) is 34.6. The number of nitrogens with zero attached hydrogens (tertiary/aromatic N) is 1. The van der Waals surface area contributed by atoms with Crippen molar-refractivity contribution in [1.29, 1.82) is 0 Å². The summed E-state index contributed by atoms with van der Waals surface area (Å²) in [5.74, 6) is 0. The van der Waals surface area contributed by atoms with Gasteiger partial charge in [-0.2, -0.15) is 0 Å². The predicted octanol–water partition coefficient (Wildman–Crippen LogP) is -0.523. The first-order valence-corrected chi connectivity index (χ1v) is 3.62. The molecular weight excluding hydrogens is 128 g/mol. The summed E-state index contributed by atoms with van der Waals surface area (Å²) in [6, 6.07) is 0.451. The Morgan fingerprint density at radius 1 is 1.70 bits per heavy atom. The van der Waals surface area contributed by atoms with E-state index in [2.05, 4.69) is 10.2 Å². The molecule has 0 aliphatic carbocycles. The van der Waals surface area contributed by atoms with Gasteiger partial charge in [0, 0.05) is 12.6 Å². The Labute approximate surface area is 61.4 Å². The molecule has 0 amide bonds. The van der Waals surface area contributed by atoms with Gasteiger partial charge in [0.25, 0.3) is 0 Å². The maximum Gasteiger partial charge on any atom is 0.138 e. The van der Waals surface area contributed by atoms with E-state index in [0.717, 1.165) is 19.3 Å². The minimum Gasteiger partial charge on any atom is -0.315 e. The molecule has 1 rings (SSSR count). The second-order valence-corrected chi connectivity index (χ2v) is 2.79. The fourth-order valence-electron chi connectivity index (χ4n) is 1.48. The fourth-order valence-corrected chi connectivity index (χ4v) is 1.48. The molecule has 0 aromatic carbocycles. The number of carbonyl (C=O) groups is 1. The van der Waals surface area contributed by atoms with E-state index in [1.165, 1.54) is 0 Å². The molecule has 0 radical (unpaired) electrons. The van der Waals surface area contributed by atoms with Crippen LogP contribution in [0, 0.1) is 0 Å². The Balaban J connectivity index is 2.53. The van der Waals surface area contributed by atoms with Crippen molar-refractivity contribution in [3.05, 3.63) is 0 Å². The number of rotatable bonds is 2. The van der Waals surface area contributed by atoms with Gasteiger partial charge in [-0.1, -0.05) is 0 Å². The van der Waals surface area contributed by atoms with Crippen LogP contribution < -0.4 is 5.32 Å². The van der Waals surface area contributed by atoms with Crippen molar-refractivity contribution in [2.24, 2.45) is 0 Å². The molecule has 10 heavy (non-hydrogen) atoms. The van der Waals surface area contributed by atoms with Crippen LogP contribution in [0.3, 0.4) is 0 Å². The summed E-state index contributed by atoms with van der Waals surface area (Å²) in [5, 5.41) is 3.12. The van der Waals surface area contributed by atoms with E-state index in [1.54, 1.807) is 0 Å². The highest BCUT2D eigenvalue weighted by molar-refractivity contribution is 5.59. The second kappa shape index (κ2) is 3.12. The Morgan fingerprint density at radius 2 is 2.40 bits per heavy atom. The maximum absolute atomic E-state index is 10.5.